The van der Waals surface area contributed by atoms with Crippen molar-refractivity contribution >= 4 is 6.98 Å². The molecule has 2 aliphatic rings. The summed E-state index contributed by atoms with van der Waals surface area (Å²) < 4.78 is 36.8. The third kappa shape index (κ3) is 1.16. The molecular weight excluding hydrogens is 152 g/mol. The van der Waals surface area contributed by atoms with Crippen LogP contribution in [0.4, 0.5) is 12.9 Å². The van der Waals surface area contributed by atoms with Crippen molar-refractivity contribution in [3.05, 3.63) is 0 Å². The maximum atomic E-state index is 12.3. The van der Waals surface area contributed by atoms with Crippen LogP contribution in [0.15, 0.2) is 0 Å². The minimum Gasteiger partial charge on any atom is -0.449 e. The van der Waals surface area contributed by atoms with E-state index in [9.17, 15) is 12.9 Å². The van der Waals surface area contributed by atoms with Gasteiger partial charge in [-0.05, 0) is 5.92 Å². The Morgan fingerprint density at radius 1 is 1.00 bits per heavy atom. The normalized spacial score (nSPS) is 43.4. The smallest absolute Gasteiger partial charge is 0.449 e. The monoisotopic (exact) mass is 163 g/mol. The minimum atomic E-state index is -4.53. The second-order valence-corrected chi connectivity index (χ2v) is 3.96. The lowest BCUT2D eigenvalue weighted by molar-refractivity contribution is 0.361. The molecule has 0 N–H and O–H groups in total. The van der Waals surface area contributed by atoms with Gasteiger partial charge < -0.3 is 12.9 Å². The molecule has 0 amide bonds. The summed E-state index contributed by atoms with van der Waals surface area (Å²) in [4.78, 5) is 0. The largest absolute Gasteiger partial charge is 0.481 e. The van der Waals surface area contributed by atoms with Gasteiger partial charge in [-0.25, -0.2) is 0 Å². The predicted molar refractivity (Wildman–Crippen MR) is 38.3 cm³/mol. The zero-order valence-corrected chi connectivity index (χ0v) is 6.27. The van der Waals surface area contributed by atoms with E-state index < -0.39 is 12.8 Å². The Morgan fingerprint density at radius 2 is 1.73 bits per heavy atom. The van der Waals surface area contributed by atoms with E-state index in [-0.39, 0.29) is 5.92 Å². The van der Waals surface area contributed by atoms with E-state index in [1.54, 1.807) is 0 Å². The van der Waals surface area contributed by atoms with Crippen LogP contribution in [0.2, 0.25) is 5.82 Å². The molecule has 0 nitrogen and oxygen atoms in total. The Morgan fingerprint density at radius 3 is 2.00 bits per heavy atom. The van der Waals surface area contributed by atoms with Crippen LogP contribution in [-0.4, -0.2) is 6.98 Å². The molecule has 64 valence electrons. The van der Waals surface area contributed by atoms with Gasteiger partial charge in [0.2, 0.25) is 0 Å². The average Bonchev–Trinajstić information content (AvgIpc) is 2.42. The average molecular weight is 163 g/mol. The topological polar surface area (TPSA) is 0 Å². The summed E-state index contributed by atoms with van der Waals surface area (Å²) in [6.45, 7) is -4.53. The van der Waals surface area contributed by atoms with Crippen molar-refractivity contribution in [2.24, 2.45) is 11.8 Å². The summed E-state index contributed by atoms with van der Waals surface area (Å²) >= 11 is 0. The molecule has 11 heavy (non-hydrogen) atoms. The van der Waals surface area contributed by atoms with E-state index in [1.807, 2.05) is 0 Å². The molecule has 2 saturated carbocycles. The Kier molecular flexibility index (Phi) is 1.48. The summed E-state index contributed by atoms with van der Waals surface area (Å²) in [5.74, 6) is -0.484. The first-order valence-electron chi connectivity index (χ1n) is 4.27. The fourth-order valence-corrected chi connectivity index (χ4v) is 2.76. The fourth-order valence-electron chi connectivity index (χ4n) is 2.76. The van der Waals surface area contributed by atoms with E-state index >= 15 is 0 Å². The molecular formula is C7H11BF3-. The van der Waals surface area contributed by atoms with Crippen LogP contribution >= 0.6 is 0 Å². The first-order valence-corrected chi connectivity index (χ1v) is 4.27. The number of hydrogen-bond acceptors (Lipinski definition) is 0. The molecule has 2 bridgehead atoms. The van der Waals surface area contributed by atoms with E-state index in [4.69, 9.17) is 0 Å². The van der Waals surface area contributed by atoms with Gasteiger partial charge in [0.05, 0.1) is 0 Å². The number of hydrogen-bond donors (Lipinski definition) is 0. The van der Waals surface area contributed by atoms with E-state index in [0.29, 0.717) is 12.3 Å². The quantitative estimate of drug-likeness (QED) is 0.521. The van der Waals surface area contributed by atoms with Crippen LogP contribution in [-0.2, 0) is 0 Å². The van der Waals surface area contributed by atoms with Gasteiger partial charge in [0.15, 0.2) is 0 Å². The standard InChI is InChI=1S/C7H11BF3/c9-8(10,11)7-4-5-1-2-6(7)3-5/h5-7H,1-4H2/q-1. The van der Waals surface area contributed by atoms with Crippen LogP contribution in [0.5, 0.6) is 0 Å². The van der Waals surface area contributed by atoms with Crippen LogP contribution in [0.1, 0.15) is 25.7 Å². The molecule has 0 spiro atoms. The highest BCUT2D eigenvalue weighted by Gasteiger charge is 2.48. The summed E-state index contributed by atoms with van der Waals surface area (Å²) in [5, 5.41) is 0. The molecule has 0 aromatic heterocycles. The lowest BCUT2D eigenvalue weighted by Crippen LogP contribution is -2.28. The first-order chi connectivity index (χ1) is 5.07. The maximum Gasteiger partial charge on any atom is 0.481 e. The maximum absolute atomic E-state index is 12.3. The Hall–Kier alpha value is -0.145. The summed E-state index contributed by atoms with van der Waals surface area (Å²) in [5.41, 5.74) is 0. The molecule has 2 aliphatic carbocycles. The van der Waals surface area contributed by atoms with Crippen molar-refractivity contribution in [2.45, 2.75) is 31.5 Å². The molecule has 0 aromatic carbocycles. The van der Waals surface area contributed by atoms with Crippen LogP contribution in [0.3, 0.4) is 0 Å². The highest BCUT2D eigenvalue weighted by atomic mass is 19.4. The van der Waals surface area contributed by atoms with Gasteiger partial charge in [-0.15, -0.1) is 0 Å². The van der Waals surface area contributed by atoms with Crippen molar-refractivity contribution in [3.8, 4) is 0 Å². The third-order valence-corrected chi connectivity index (χ3v) is 3.28. The molecule has 4 heteroatoms. The second kappa shape index (κ2) is 2.17. The zero-order valence-electron chi connectivity index (χ0n) is 6.27. The van der Waals surface area contributed by atoms with Crippen LogP contribution < -0.4 is 0 Å². The highest BCUT2D eigenvalue weighted by Crippen LogP contribution is 2.56. The molecule has 0 saturated heterocycles. The Labute approximate surface area is 64.2 Å². The van der Waals surface area contributed by atoms with Crippen molar-refractivity contribution in [1.29, 1.82) is 0 Å². The lowest BCUT2D eigenvalue weighted by atomic mass is 9.64. The predicted octanol–water partition coefficient (Wildman–Crippen LogP) is 3.02. The van der Waals surface area contributed by atoms with Crippen molar-refractivity contribution < 1.29 is 12.9 Å². The van der Waals surface area contributed by atoms with Gasteiger partial charge in [-0.3, -0.25) is 0 Å². The fraction of sp³-hybridized carbons (Fsp3) is 1.00. The summed E-state index contributed by atoms with van der Waals surface area (Å²) in [6, 6.07) is 0. The Balaban J connectivity index is 2.08. The summed E-state index contributed by atoms with van der Waals surface area (Å²) in [7, 11) is 0. The number of halogens is 3. The van der Waals surface area contributed by atoms with Crippen molar-refractivity contribution in [2.75, 3.05) is 0 Å². The van der Waals surface area contributed by atoms with E-state index in [2.05, 4.69) is 0 Å². The molecule has 0 heterocycles. The zero-order chi connectivity index (χ0) is 8.06. The number of fused-ring (bicyclic) bond motifs is 2. The van der Waals surface area contributed by atoms with Gasteiger partial charge in [0, 0.05) is 0 Å². The van der Waals surface area contributed by atoms with Crippen LogP contribution in [0, 0.1) is 11.8 Å². The highest BCUT2D eigenvalue weighted by molar-refractivity contribution is 6.60. The van der Waals surface area contributed by atoms with Gasteiger partial charge in [-0.1, -0.05) is 37.4 Å². The molecule has 3 atom stereocenters. The third-order valence-electron chi connectivity index (χ3n) is 3.28. The molecule has 0 aromatic rings. The van der Waals surface area contributed by atoms with Crippen molar-refractivity contribution in [3.63, 3.8) is 0 Å². The second-order valence-electron chi connectivity index (χ2n) is 3.96. The lowest BCUT2D eigenvalue weighted by Gasteiger charge is -2.30. The molecule has 2 fully saturated rings. The Bertz CT molecular complexity index is 166. The molecule has 3 unspecified atom stereocenters. The van der Waals surface area contributed by atoms with Crippen LogP contribution in [0.25, 0.3) is 0 Å². The molecule has 2 rings (SSSR count). The molecule has 0 radical (unpaired) electrons. The van der Waals surface area contributed by atoms with E-state index in [1.165, 1.54) is 0 Å². The van der Waals surface area contributed by atoms with Gasteiger partial charge >= 0.3 is 6.98 Å². The first kappa shape index (κ1) is 7.50. The van der Waals surface area contributed by atoms with Gasteiger partial charge in [-0.2, -0.15) is 0 Å². The van der Waals surface area contributed by atoms with E-state index in [0.717, 1.165) is 19.3 Å². The van der Waals surface area contributed by atoms with Gasteiger partial charge in [0.25, 0.3) is 0 Å². The SMILES string of the molecule is F[B-](F)(F)C1CC2CCC1C2. The van der Waals surface area contributed by atoms with Gasteiger partial charge in [0.1, 0.15) is 0 Å². The number of rotatable bonds is 1. The van der Waals surface area contributed by atoms with Crippen molar-refractivity contribution in [1.82, 2.24) is 0 Å². The minimum absolute atomic E-state index is 0.000000000000000444. The molecule has 0 aliphatic heterocycles. The summed E-state index contributed by atoms with van der Waals surface area (Å²) in [6.07, 6.45) is 3.17.